The normalized spacial score (nSPS) is 10.6. The average molecular weight is 263 g/mol. The third-order valence-corrected chi connectivity index (χ3v) is 2.17. The molecule has 0 heterocycles. The van der Waals surface area contributed by atoms with Gasteiger partial charge in [-0.15, -0.1) is 0 Å². The van der Waals surface area contributed by atoms with E-state index < -0.39 is 11.8 Å². The van der Waals surface area contributed by atoms with E-state index in [0.29, 0.717) is 18.6 Å². The third kappa shape index (κ3) is 6.49. The minimum absolute atomic E-state index is 0.229. The second kappa shape index (κ2) is 9.02. The standard InChI is InChI=1S/C14H17NO4/c1-18-11-19-10-6-5-9-13(16)15-14(17)12-7-3-2-4-8-12/h2-5,7-9H,6,10-11H2,1H3,(H,15,16,17)/b9-5+. The molecule has 0 fully saturated rings. The smallest absolute Gasteiger partial charge is 0.258 e. The molecule has 1 aromatic rings. The molecule has 0 atom stereocenters. The van der Waals surface area contributed by atoms with Gasteiger partial charge < -0.3 is 9.47 Å². The van der Waals surface area contributed by atoms with Crippen LogP contribution in [-0.4, -0.2) is 32.3 Å². The van der Waals surface area contributed by atoms with E-state index in [1.807, 2.05) is 0 Å². The third-order valence-electron chi connectivity index (χ3n) is 2.17. The van der Waals surface area contributed by atoms with Crippen molar-refractivity contribution in [2.75, 3.05) is 20.5 Å². The number of benzene rings is 1. The number of carbonyl (C=O) groups is 2. The molecule has 0 unspecified atom stereocenters. The maximum Gasteiger partial charge on any atom is 0.258 e. The van der Waals surface area contributed by atoms with Crippen LogP contribution in [-0.2, 0) is 14.3 Å². The van der Waals surface area contributed by atoms with Crippen molar-refractivity contribution in [1.82, 2.24) is 5.32 Å². The number of nitrogens with one attached hydrogen (secondary N) is 1. The van der Waals surface area contributed by atoms with E-state index in [1.54, 1.807) is 43.5 Å². The highest BCUT2D eigenvalue weighted by atomic mass is 16.7. The maximum absolute atomic E-state index is 11.6. The topological polar surface area (TPSA) is 64.6 Å². The van der Waals surface area contributed by atoms with Gasteiger partial charge in [0.25, 0.3) is 5.91 Å². The van der Waals surface area contributed by atoms with E-state index in [4.69, 9.17) is 9.47 Å². The molecule has 102 valence electrons. The number of imide groups is 1. The van der Waals surface area contributed by atoms with Gasteiger partial charge >= 0.3 is 0 Å². The van der Waals surface area contributed by atoms with E-state index in [9.17, 15) is 9.59 Å². The number of rotatable bonds is 7. The minimum Gasteiger partial charge on any atom is -0.359 e. The molecule has 1 aromatic carbocycles. The molecule has 5 heteroatoms. The number of amides is 2. The van der Waals surface area contributed by atoms with Gasteiger partial charge in [0, 0.05) is 12.7 Å². The molecule has 0 aromatic heterocycles. The molecule has 0 saturated heterocycles. The lowest BCUT2D eigenvalue weighted by atomic mass is 10.2. The summed E-state index contributed by atoms with van der Waals surface area (Å²) in [5.74, 6) is -0.855. The summed E-state index contributed by atoms with van der Waals surface area (Å²) in [5.41, 5.74) is 0.452. The molecule has 0 saturated carbocycles. The van der Waals surface area contributed by atoms with Crippen molar-refractivity contribution in [3.05, 3.63) is 48.0 Å². The minimum atomic E-state index is -0.444. The number of carbonyl (C=O) groups excluding carboxylic acids is 2. The Bertz CT molecular complexity index is 428. The van der Waals surface area contributed by atoms with E-state index in [2.05, 4.69) is 5.32 Å². The highest BCUT2D eigenvalue weighted by molar-refractivity contribution is 6.07. The number of hydrogen-bond acceptors (Lipinski definition) is 4. The van der Waals surface area contributed by atoms with Gasteiger partial charge in [0.1, 0.15) is 6.79 Å². The Morgan fingerprint density at radius 3 is 2.68 bits per heavy atom. The van der Waals surface area contributed by atoms with Crippen LogP contribution in [0.4, 0.5) is 0 Å². The Morgan fingerprint density at radius 1 is 1.26 bits per heavy atom. The SMILES string of the molecule is COCOCC/C=C/C(=O)NC(=O)c1ccccc1. The zero-order valence-electron chi connectivity index (χ0n) is 10.8. The van der Waals surface area contributed by atoms with Crippen LogP contribution < -0.4 is 5.32 Å². The van der Waals surface area contributed by atoms with Gasteiger partial charge in [0.05, 0.1) is 6.61 Å². The summed E-state index contributed by atoms with van der Waals surface area (Å²) in [6.07, 6.45) is 3.54. The van der Waals surface area contributed by atoms with Crippen LogP contribution in [0.25, 0.3) is 0 Å². The van der Waals surface area contributed by atoms with Crippen molar-refractivity contribution in [1.29, 1.82) is 0 Å². The van der Waals surface area contributed by atoms with Gasteiger partial charge in [0.15, 0.2) is 0 Å². The fourth-order valence-electron chi connectivity index (χ4n) is 1.30. The van der Waals surface area contributed by atoms with Crippen molar-refractivity contribution in [3.63, 3.8) is 0 Å². The van der Waals surface area contributed by atoms with Gasteiger partial charge in [-0.3, -0.25) is 14.9 Å². The summed E-state index contributed by atoms with van der Waals surface area (Å²) >= 11 is 0. The molecule has 5 nitrogen and oxygen atoms in total. The lowest BCUT2D eigenvalue weighted by Gasteiger charge is -2.01. The van der Waals surface area contributed by atoms with Crippen LogP contribution in [0, 0.1) is 0 Å². The number of ether oxygens (including phenoxy) is 2. The fourth-order valence-corrected chi connectivity index (χ4v) is 1.30. The molecule has 0 spiro atoms. The average Bonchev–Trinajstić information content (AvgIpc) is 2.43. The summed E-state index contributed by atoms with van der Waals surface area (Å²) < 4.78 is 9.74. The first-order valence-corrected chi connectivity index (χ1v) is 5.87. The molecule has 0 bridgehead atoms. The highest BCUT2D eigenvalue weighted by Gasteiger charge is 2.06. The van der Waals surface area contributed by atoms with Crippen LogP contribution in [0.5, 0.6) is 0 Å². The number of methoxy groups -OCH3 is 1. The fraction of sp³-hybridized carbons (Fsp3) is 0.286. The summed E-state index contributed by atoms with van der Waals surface area (Å²) in [7, 11) is 1.54. The lowest BCUT2D eigenvalue weighted by Crippen LogP contribution is -2.28. The molecule has 19 heavy (non-hydrogen) atoms. The highest BCUT2D eigenvalue weighted by Crippen LogP contribution is 1.97. The van der Waals surface area contributed by atoms with E-state index in [0.717, 1.165) is 0 Å². The van der Waals surface area contributed by atoms with Crippen LogP contribution in [0.3, 0.4) is 0 Å². The molecule has 0 aliphatic carbocycles. The van der Waals surface area contributed by atoms with E-state index in [1.165, 1.54) is 6.08 Å². The first kappa shape index (κ1) is 15.1. The lowest BCUT2D eigenvalue weighted by molar-refractivity contribution is -0.115. The summed E-state index contributed by atoms with van der Waals surface area (Å²) in [5, 5.41) is 2.27. The van der Waals surface area contributed by atoms with Crippen molar-refractivity contribution >= 4 is 11.8 Å². The maximum atomic E-state index is 11.6. The van der Waals surface area contributed by atoms with Crippen molar-refractivity contribution in [2.24, 2.45) is 0 Å². The van der Waals surface area contributed by atoms with E-state index in [-0.39, 0.29) is 6.79 Å². The predicted octanol–water partition coefficient (Wildman–Crippen LogP) is 1.51. The molecule has 1 rings (SSSR count). The van der Waals surface area contributed by atoms with Crippen LogP contribution in [0.1, 0.15) is 16.8 Å². The monoisotopic (exact) mass is 263 g/mol. The van der Waals surface area contributed by atoms with Crippen LogP contribution >= 0.6 is 0 Å². The zero-order chi connectivity index (χ0) is 13.9. The summed E-state index contributed by atoms with van der Waals surface area (Å²) in [4.78, 5) is 23.1. The van der Waals surface area contributed by atoms with Gasteiger partial charge in [0.2, 0.25) is 5.91 Å². The second-order valence-electron chi connectivity index (χ2n) is 3.69. The van der Waals surface area contributed by atoms with Gasteiger partial charge in [-0.2, -0.15) is 0 Å². The Hall–Kier alpha value is -1.98. The Kier molecular flexibility index (Phi) is 7.16. The zero-order valence-corrected chi connectivity index (χ0v) is 10.8. The van der Waals surface area contributed by atoms with Crippen molar-refractivity contribution in [2.45, 2.75) is 6.42 Å². The molecular weight excluding hydrogens is 246 g/mol. The Labute approximate surface area is 112 Å². The van der Waals surface area contributed by atoms with Gasteiger partial charge in [-0.05, 0) is 24.6 Å². The van der Waals surface area contributed by atoms with Crippen LogP contribution in [0.15, 0.2) is 42.5 Å². The molecule has 2 amide bonds. The Balaban J connectivity index is 2.27. The summed E-state index contributed by atoms with van der Waals surface area (Å²) in [6.45, 7) is 0.691. The molecule has 0 aliphatic rings. The number of hydrogen-bond donors (Lipinski definition) is 1. The van der Waals surface area contributed by atoms with Gasteiger partial charge in [-0.25, -0.2) is 0 Å². The van der Waals surface area contributed by atoms with Crippen molar-refractivity contribution < 1.29 is 19.1 Å². The molecule has 0 aliphatic heterocycles. The van der Waals surface area contributed by atoms with Gasteiger partial charge in [-0.1, -0.05) is 24.3 Å². The summed E-state index contributed by atoms with van der Waals surface area (Å²) in [6, 6.07) is 8.57. The van der Waals surface area contributed by atoms with Crippen molar-refractivity contribution in [3.8, 4) is 0 Å². The van der Waals surface area contributed by atoms with E-state index >= 15 is 0 Å². The predicted molar refractivity (Wildman–Crippen MR) is 70.5 cm³/mol. The first-order chi connectivity index (χ1) is 9.24. The first-order valence-electron chi connectivity index (χ1n) is 5.87. The molecular formula is C14H17NO4. The quantitative estimate of drug-likeness (QED) is 0.460. The van der Waals surface area contributed by atoms with Crippen LogP contribution in [0.2, 0.25) is 0 Å². The molecule has 0 radical (unpaired) electrons. The molecule has 1 N–H and O–H groups in total. The largest absolute Gasteiger partial charge is 0.359 e. The Morgan fingerprint density at radius 2 is 2.00 bits per heavy atom. The second-order valence-corrected chi connectivity index (χ2v) is 3.69.